The Kier molecular flexibility index (Phi) is 4.06. The summed E-state index contributed by atoms with van der Waals surface area (Å²) in [5, 5.41) is 0. The first-order valence-electron chi connectivity index (χ1n) is 5.01. The van der Waals surface area contributed by atoms with Gasteiger partial charge in [-0.1, -0.05) is 38.7 Å². The van der Waals surface area contributed by atoms with Gasteiger partial charge in [-0.15, -0.1) is 0 Å². The van der Waals surface area contributed by atoms with Crippen LogP contribution in [0, 0.1) is 5.92 Å². The summed E-state index contributed by atoms with van der Waals surface area (Å²) >= 11 is 0. The van der Waals surface area contributed by atoms with Gasteiger partial charge in [-0.05, 0) is 24.3 Å². The molecule has 1 fully saturated rings. The van der Waals surface area contributed by atoms with Gasteiger partial charge in [0.15, 0.2) is 0 Å². The van der Waals surface area contributed by atoms with Gasteiger partial charge in [0, 0.05) is 0 Å². The second kappa shape index (κ2) is 5.13. The van der Waals surface area contributed by atoms with Gasteiger partial charge in [0.25, 0.3) is 0 Å². The molecule has 0 N–H and O–H groups in total. The molecule has 0 heterocycles. The molecular weight excluding hydrogens is 148 g/mol. The van der Waals surface area contributed by atoms with Crippen molar-refractivity contribution >= 4 is 6.29 Å². The van der Waals surface area contributed by atoms with Gasteiger partial charge in [-0.3, -0.25) is 4.79 Å². The van der Waals surface area contributed by atoms with Gasteiger partial charge < -0.3 is 0 Å². The lowest BCUT2D eigenvalue weighted by Crippen LogP contribution is -1.91. The van der Waals surface area contributed by atoms with Crippen molar-refractivity contribution in [3.05, 3.63) is 11.6 Å². The SMILES string of the molecule is CCC(C=O)=CCC1CCCC1. The van der Waals surface area contributed by atoms with E-state index in [1.807, 2.05) is 6.92 Å². The van der Waals surface area contributed by atoms with Crippen molar-refractivity contribution in [1.82, 2.24) is 0 Å². The smallest absolute Gasteiger partial charge is 0.145 e. The number of rotatable bonds is 4. The highest BCUT2D eigenvalue weighted by atomic mass is 16.1. The third-order valence-electron chi connectivity index (χ3n) is 2.75. The number of aldehydes is 1. The molecule has 0 amide bonds. The maximum Gasteiger partial charge on any atom is 0.145 e. The molecule has 1 rings (SSSR count). The average molecular weight is 166 g/mol. The van der Waals surface area contributed by atoms with Crippen molar-refractivity contribution in [2.45, 2.75) is 45.4 Å². The quantitative estimate of drug-likeness (QED) is 0.463. The van der Waals surface area contributed by atoms with Crippen LogP contribution in [-0.4, -0.2) is 6.29 Å². The van der Waals surface area contributed by atoms with Gasteiger partial charge in [-0.2, -0.15) is 0 Å². The van der Waals surface area contributed by atoms with Crippen LogP contribution in [0.15, 0.2) is 11.6 Å². The lowest BCUT2D eigenvalue weighted by Gasteiger charge is -2.04. The highest BCUT2D eigenvalue weighted by Gasteiger charge is 2.13. The summed E-state index contributed by atoms with van der Waals surface area (Å²) in [4.78, 5) is 10.5. The molecule has 12 heavy (non-hydrogen) atoms. The molecule has 68 valence electrons. The maximum absolute atomic E-state index is 10.5. The van der Waals surface area contributed by atoms with E-state index in [0.29, 0.717) is 0 Å². The predicted molar refractivity (Wildman–Crippen MR) is 51.0 cm³/mol. The van der Waals surface area contributed by atoms with Gasteiger partial charge in [0.2, 0.25) is 0 Å². The summed E-state index contributed by atoms with van der Waals surface area (Å²) in [7, 11) is 0. The molecule has 1 nitrogen and oxygen atoms in total. The van der Waals surface area contributed by atoms with E-state index in [2.05, 4.69) is 6.08 Å². The van der Waals surface area contributed by atoms with Gasteiger partial charge in [-0.25, -0.2) is 0 Å². The molecule has 0 unspecified atom stereocenters. The summed E-state index contributed by atoms with van der Waals surface area (Å²) in [6, 6.07) is 0. The fourth-order valence-corrected chi connectivity index (χ4v) is 1.84. The van der Waals surface area contributed by atoms with Crippen molar-refractivity contribution in [2.75, 3.05) is 0 Å². The number of hydrogen-bond acceptors (Lipinski definition) is 1. The topological polar surface area (TPSA) is 17.1 Å². The molecule has 0 atom stereocenters. The molecule has 0 spiro atoms. The van der Waals surface area contributed by atoms with Crippen LogP contribution in [0.1, 0.15) is 45.4 Å². The highest BCUT2D eigenvalue weighted by molar-refractivity contribution is 5.72. The monoisotopic (exact) mass is 166 g/mol. The summed E-state index contributed by atoms with van der Waals surface area (Å²) in [6.07, 6.45) is 10.6. The Morgan fingerprint density at radius 3 is 2.58 bits per heavy atom. The van der Waals surface area contributed by atoms with E-state index in [9.17, 15) is 4.79 Å². The zero-order valence-electron chi connectivity index (χ0n) is 7.88. The van der Waals surface area contributed by atoms with E-state index in [0.717, 1.165) is 30.6 Å². The molecule has 1 saturated carbocycles. The summed E-state index contributed by atoms with van der Waals surface area (Å²) in [5.41, 5.74) is 0.974. The standard InChI is InChI=1S/C11H18O/c1-2-10(9-12)7-8-11-5-3-4-6-11/h7,9,11H,2-6,8H2,1H3. The molecule has 0 aromatic rings. The lowest BCUT2D eigenvalue weighted by molar-refractivity contribution is -0.105. The fourth-order valence-electron chi connectivity index (χ4n) is 1.84. The number of hydrogen-bond donors (Lipinski definition) is 0. The second-order valence-corrected chi connectivity index (χ2v) is 3.64. The van der Waals surface area contributed by atoms with Crippen LogP contribution < -0.4 is 0 Å². The Labute approximate surface area is 74.9 Å². The van der Waals surface area contributed by atoms with E-state index in [1.54, 1.807) is 0 Å². The molecule has 1 aliphatic carbocycles. The number of allylic oxidation sites excluding steroid dienone is 2. The average Bonchev–Trinajstić information content (AvgIpc) is 2.59. The molecule has 1 aliphatic rings. The van der Waals surface area contributed by atoms with Crippen LogP contribution >= 0.6 is 0 Å². The predicted octanol–water partition coefficient (Wildman–Crippen LogP) is 3.10. The summed E-state index contributed by atoms with van der Waals surface area (Å²) < 4.78 is 0. The van der Waals surface area contributed by atoms with Crippen LogP contribution in [0.3, 0.4) is 0 Å². The van der Waals surface area contributed by atoms with E-state index in [4.69, 9.17) is 0 Å². The van der Waals surface area contributed by atoms with Gasteiger partial charge in [0.1, 0.15) is 6.29 Å². The molecule has 0 aromatic carbocycles. The van der Waals surface area contributed by atoms with E-state index < -0.39 is 0 Å². The first-order valence-corrected chi connectivity index (χ1v) is 5.01. The van der Waals surface area contributed by atoms with Crippen LogP contribution in [0.5, 0.6) is 0 Å². The summed E-state index contributed by atoms with van der Waals surface area (Å²) in [5.74, 6) is 0.867. The Morgan fingerprint density at radius 2 is 2.08 bits per heavy atom. The van der Waals surface area contributed by atoms with E-state index in [1.165, 1.54) is 25.7 Å². The third kappa shape index (κ3) is 2.80. The third-order valence-corrected chi connectivity index (χ3v) is 2.75. The second-order valence-electron chi connectivity index (χ2n) is 3.64. The van der Waals surface area contributed by atoms with E-state index >= 15 is 0 Å². The molecule has 0 radical (unpaired) electrons. The fraction of sp³-hybridized carbons (Fsp3) is 0.727. The van der Waals surface area contributed by atoms with Crippen molar-refractivity contribution in [3.8, 4) is 0 Å². The molecule has 0 saturated heterocycles. The van der Waals surface area contributed by atoms with Gasteiger partial charge in [0.05, 0.1) is 0 Å². The molecule has 1 heteroatoms. The zero-order valence-corrected chi connectivity index (χ0v) is 7.88. The maximum atomic E-state index is 10.5. The van der Waals surface area contributed by atoms with Crippen molar-refractivity contribution in [2.24, 2.45) is 5.92 Å². The number of carbonyl (C=O) groups is 1. The normalized spacial score (nSPS) is 19.9. The molecule has 0 aliphatic heterocycles. The van der Waals surface area contributed by atoms with Crippen molar-refractivity contribution in [3.63, 3.8) is 0 Å². The molecule has 0 bridgehead atoms. The molecular formula is C11H18O. The Bertz CT molecular complexity index is 164. The van der Waals surface area contributed by atoms with E-state index in [-0.39, 0.29) is 0 Å². The Hall–Kier alpha value is -0.590. The first-order chi connectivity index (χ1) is 5.86. The van der Waals surface area contributed by atoms with Gasteiger partial charge >= 0.3 is 0 Å². The Balaban J connectivity index is 2.29. The first kappa shape index (κ1) is 9.50. The zero-order chi connectivity index (χ0) is 8.81. The van der Waals surface area contributed by atoms with Crippen LogP contribution in [0.25, 0.3) is 0 Å². The Morgan fingerprint density at radius 1 is 1.42 bits per heavy atom. The minimum Gasteiger partial charge on any atom is -0.298 e. The van der Waals surface area contributed by atoms with Crippen LogP contribution in [0.4, 0.5) is 0 Å². The largest absolute Gasteiger partial charge is 0.298 e. The van der Waals surface area contributed by atoms with Crippen LogP contribution in [-0.2, 0) is 4.79 Å². The lowest BCUT2D eigenvalue weighted by atomic mass is 10.0. The van der Waals surface area contributed by atoms with Crippen molar-refractivity contribution in [1.29, 1.82) is 0 Å². The highest BCUT2D eigenvalue weighted by Crippen LogP contribution is 2.28. The number of carbonyl (C=O) groups excluding carboxylic acids is 1. The summed E-state index contributed by atoms with van der Waals surface area (Å²) in [6.45, 7) is 2.04. The molecule has 0 aromatic heterocycles. The van der Waals surface area contributed by atoms with Crippen LogP contribution in [0.2, 0.25) is 0 Å². The minimum absolute atomic E-state index is 0.867. The van der Waals surface area contributed by atoms with Crippen molar-refractivity contribution < 1.29 is 4.79 Å². The minimum atomic E-state index is 0.867.